The summed E-state index contributed by atoms with van der Waals surface area (Å²) in [6.45, 7) is -0.260. The molecule has 2 heterocycles. The summed E-state index contributed by atoms with van der Waals surface area (Å²) >= 11 is 0. The largest absolute Gasteiger partial charge is 0.547 e. The van der Waals surface area contributed by atoms with Crippen molar-refractivity contribution in [2.45, 2.75) is 18.4 Å². The Morgan fingerprint density at radius 3 is 2.46 bits per heavy atom. The number of piperazine rings is 1. The van der Waals surface area contributed by atoms with Crippen LogP contribution in [0.15, 0.2) is 30.3 Å². The fourth-order valence-electron chi connectivity index (χ4n) is 4.54. The molecule has 14 nitrogen and oxygen atoms in total. The SMILES string of the molecule is NCCN1CCN(C(=O)N[C@H](C(=O)N[C@H]2Cc3cccc(C(=O)O)c3OB2O)c2c(F)cc(O)cc2F)C(=O)C1=O. The standard InChI is InChI=1S/C24H24BF2N5O9/c26-14-9-12(33)10-15(27)17(14)18(30-24(39)32-7-6-31(5-4-28)21(35)22(32)36)20(34)29-16-8-11-2-1-3-13(23(37)38)19(11)41-25(16)40/h1-3,9-10,16,18,33,40H,4-8,28H2,(H,29,34)(H,30,39)(H,37,38)/t16-,18-/m0/s1. The molecule has 1 fully saturated rings. The fraction of sp³-hybridized carbons (Fsp3) is 0.292. The van der Waals surface area contributed by atoms with Crippen molar-refractivity contribution in [2.24, 2.45) is 5.73 Å². The van der Waals surface area contributed by atoms with E-state index in [2.05, 4.69) is 5.32 Å². The Labute approximate surface area is 230 Å². The lowest BCUT2D eigenvalue weighted by Crippen LogP contribution is -2.60. The van der Waals surface area contributed by atoms with E-state index in [1.807, 2.05) is 5.32 Å². The first-order valence-electron chi connectivity index (χ1n) is 12.2. The maximum absolute atomic E-state index is 14.8. The average molecular weight is 575 g/mol. The minimum absolute atomic E-state index is 0.0534. The number of hydrogen-bond donors (Lipinski definition) is 6. The Hall–Kier alpha value is -4.77. The minimum Gasteiger partial charge on any atom is -0.534 e. The second kappa shape index (κ2) is 11.8. The van der Waals surface area contributed by atoms with E-state index in [0.717, 1.165) is 4.90 Å². The second-order valence-corrected chi connectivity index (χ2v) is 9.17. The van der Waals surface area contributed by atoms with Crippen LogP contribution >= 0.6 is 0 Å². The molecule has 2 aromatic rings. The first-order chi connectivity index (χ1) is 19.4. The Morgan fingerprint density at radius 2 is 1.83 bits per heavy atom. The summed E-state index contributed by atoms with van der Waals surface area (Å²) in [7, 11) is -1.80. The monoisotopic (exact) mass is 575 g/mol. The van der Waals surface area contributed by atoms with Crippen LogP contribution in [0.25, 0.3) is 0 Å². The highest BCUT2D eigenvalue weighted by molar-refractivity contribution is 6.47. The lowest BCUT2D eigenvalue weighted by molar-refractivity contribution is -0.153. The summed E-state index contributed by atoms with van der Waals surface area (Å²) in [6, 6.07) is 1.65. The molecule has 1 saturated heterocycles. The van der Waals surface area contributed by atoms with Gasteiger partial charge in [0, 0.05) is 38.3 Å². The normalized spacial score (nSPS) is 17.5. The van der Waals surface area contributed by atoms with E-state index >= 15 is 0 Å². The van der Waals surface area contributed by atoms with Crippen molar-refractivity contribution in [2.75, 3.05) is 26.2 Å². The third kappa shape index (κ3) is 5.90. The average Bonchev–Trinajstić information content (AvgIpc) is 2.90. The number of fused-ring (bicyclic) bond motifs is 1. The van der Waals surface area contributed by atoms with Crippen molar-refractivity contribution in [1.29, 1.82) is 0 Å². The number of para-hydroxylation sites is 1. The molecule has 7 N–H and O–H groups in total. The fourth-order valence-corrected chi connectivity index (χ4v) is 4.54. The molecule has 0 unspecified atom stereocenters. The van der Waals surface area contributed by atoms with Gasteiger partial charge in [0.2, 0.25) is 5.91 Å². The van der Waals surface area contributed by atoms with Crippen LogP contribution in [0.3, 0.4) is 0 Å². The number of hydrogen-bond acceptors (Lipinski definition) is 9. The van der Waals surface area contributed by atoms with Crippen molar-refractivity contribution in [3.63, 3.8) is 0 Å². The molecule has 2 aliphatic rings. The predicted octanol–water partition coefficient (Wildman–Crippen LogP) is -1.11. The summed E-state index contributed by atoms with van der Waals surface area (Å²) in [4.78, 5) is 64.3. The van der Waals surface area contributed by atoms with Crippen LogP contribution in [-0.4, -0.2) is 94.0 Å². The number of carbonyl (C=O) groups is 5. The molecule has 0 bridgehead atoms. The van der Waals surface area contributed by atoms with Gasteiger partial charge >= 0.3 is 30.9 Å². The lowest BCUT2D eigenvalue weighted by Gasteiger charge is -2.33. The topological polar surface area (TPSA) is 212 Å². The molecule has 2 aromatic carbocycles. The zero-order valence-corrected chi connectivity index (χ0v) is 21.2. The Morgan fingerprint density at radius 1 is 1.15 bits per heavy atom. The Balaban J connectivity index is 1.60. The highest BCUT2D eigenvalue weighted by Gasteiger charge is 2.42. The van der Waals surface area contributed by atoms with Gasteiger partial charge in [-0.15, -0.1) is 0 Å². The van der Waals surface area contributed by atoms with Crippen LogP contribution in [-0.2, 0) is 20.8 Å². The van der Waals surface area contributed by atoms with Gasteiger partial charge in [0.25, 0.3) is 0 Å². The number of aromatic hydroxyl groups is 1. The van der Waals surface area contributed by atoms with Crippen molar-refractivity contribution < 1.29 is 52.6 Å². The highest BCUT2D eigenvalue weighted by atomic mass is 19.1. The number of carboxylic acids is 1. The molecule has 0 spiro atoms. The van der Waals surface area contributed by atoms with Crippen molar-refractivity contribution in [3.05, 3.63) is 58.7 Å². The van der Waals surface area contributed by atoms with Gasteiger partial charge in [-0.25, -0.2) is 18.4 Å². The van der Waals surface area contributed by atoms with Gasteiger partial charge < -0.3 is 41.2 Å². The number of aromatic carboxylic acids is 1. The number of nitrogens with one attached hydrogen (secondary N) is 2. The third-order valence-electron chi connectivity index (χ3n) is 6.51. The van der Waals surface area contributed by atoms with E-state index in [-0.39, 0.29) is 43.9 Å². The van der Waals surface area contributed by atoms with Gasteiger partial charge in [0.15, 0.2) is 0 Å². The molecule has 5 amide bonds. The first-order valence-corrected chi connectivity index (χ1v) is 12.2. The van der Waals surface area contributed by atoms with E-state index in [0.29, 0.717) is 22.6 Å². The molecule has 0 radical (unpaired) electrons. The molecule has 2 atom stereocenters. The van der Waals surface area contributed by atoms with Crippen LogP contribution in [0.2, 0.25) is 0 Å². The summed E-state index contributed by atoms with van der Waals surface area (Å²) in [5.74, 6) is -9.93. The van der Waals surface area contributed by atoms with Crippen molar-refractivity contribution in [1.82, 2.24) is 20.4 Å². The summed E-state index contributed by atoms with van der Waals surface area (Å²) < 4.78 is 35.0. The van der Waals surface area contributed by atoms with Crippen molar-refractivity contribution >= 4 is 36.8 Å². The number of urea groups is 1. The van der Waals surface area contributed by atoms with E-state index in [9.17, 15) is 48.0 Å². The molecule has 41 heavy (non-hydrogen) atoms. The third-order valence-corrected chi connectivity index (χ3v) is 6.51. The van der Waals surface area contributed by atoms with Crippen molar-refractivity contribution in [3.8, 4) is 11.5 Å². The second-order valence-electron chi connectivity index (χ2n) is 9.17. The summed E-state index contributed by atoms with van der Waals surface area (Å²) in [5.41, 5.74) is 4.46. The van der Waals surface area contributed by atoms with Gasteiger partial charge in [0.1, 0.15) is 29.2 Å². The highest BCUT2D eigenvalue weighted by Crippen LogP contribution is 2.31. The number of imide groups is 1. The van der Waals surface area contributed by atoms with Crippen LogP contribution in [0.5, 0.6) is 11.5 Å². The molecule has 17 heteroatoms. The van der Waals surface area contributed by atoms with Gasteiger partial charge in [-0.05, 0) is 18.1 Å². The number of carbonyl (C=O) groups excluding carboxylic acids is 4. The maximum Gasteiger partial charge on any atom is 0.547 e. The smallest absolute Gasteiger partial charge is 0.534 e. The van der Waals surface area contributed by atoms with E-state index in [1.54, 1.807) is 0 Å². The minimum atomic E-state index is -2.16. The maximum atomic E-state index is 14.8. The van der Waals surface area contributed by atoms with Crippen LogP contribution in [0, 0.1) is 11.6 Å². The summed E-state index contributed by atoms with van der Waals surface area (Å²) in [6.07, 6.45) is -0.166. The van der Waals surface area contributed by atoms with E-state index in [1.165, 1.54) is 18.2 Å². The van der Waals surface area contributed by atoms with Crippen LogP contribution in [0.1, 0.15) is 27.5 Å². The zero-order valence-electron chi connectivity index (χ0n) is 21.2. The number of phenolic OH excluding ortho intramolecular Hbond substituents is 1. The first kappa shape index (κ1) is 29.2. The van der Waals surface area contributed by atoms with Gasteiger partial charge in [0.05, 0.1) is 17.1 Å². The molecule has 216 valence electrons. The Bertz CT molecular complexity index is 1400. The molecule has 2 aliphatic heterocycles. The number of phenols is 1. The number of halogens is 2. The lowest BCUT2D eigenvalue weighted by atomic mass is 9.72. The molecular weight excluding hydrogens is 551 g/mol. The quantitative estimate of drug-likeness (QED) is 0.173. The van der Waals surface area contributed by atoms with E-state index < -0.39 is 71.8 Å². The molecule has 0 saturated carbocycles. The number of nitrogens with two attached hydrogens (primary N) is 1. The van der Waals surface area contributed by atoms with Crippen LogP contribution in [0.4, 0.5) is 13.6 Å². The molecule has 0 aliphatic carbocycles. The molecule has 0 aromatic heterocycles. The zero-order chi connectivity index (χ0) is 30.0. The number of carboxylic acid groups (broad SMARTS) is 1. The van der Waals surface area contributed by atoms with Gasteiger partial charge in [-0.2, -0.15) is 0 Å². The predicted molar refractivity (Wildman–Crippen MR) is 134 cm³/mol. The van der Waals surface area contributed by atoms with Gasteiger partial charge in [-0.1, -0.05) is 12.1 Å². The number of nitrogens with zero attached hydrogens (tertiary/aromatic N) is 2. The Kier molecular flexibility index (Phi) is 8.39. The molecular formula is C24H24BF2N5O9. The van der Waals surface area contributed by atoms with Gasteiger partial charge in [-0.3, -0.25) is 19.3 Å². The van der Waals surface area contributed by atoms with Crippen LogP contribution < -0.4 is 21.0 Å². The molecule has 4 rings (SSSR count). The number of amides is 5. The number of benzene rings is 2. The summed E-state index contributed by atoms with van der Waals surface area (Å²) in [5, 5.41) is 33.7. The number of rotatable bonds is 7. The van der Waals surface area contributed by atoms with E-state index in [4.69, 9.17) is 10.4 Å².